The fourth-order valence-corrected chi connectivity index (χ4v) is 4.62. The van der Waals surface area contributed by atoms with Crippen LogP contribution < -0.4 is 5.32 Å². The lowest BCUT2D eigenvalue weighted by Crippen LogP contribution is -2.49. The first-order chi connectivity index (χ1) is 15.2. The van der Waals surface area contributed by atoms with E-state index in [9.17, 15) is 4.79 Å². The van der Waals surface area contributed by atoms with Crippen LogP contribution in [0.25, 0.3) is 5.69 Å². The number of hydrogen-bond acceptors (Lipinski definition) is 6. The van der Waals surface area contributed by atoms with Crippen LogP contribution in [0.4, 0.5) is 5.69 Å². The van der Waals surface area contributed by atoms with Gasteiger partial charge in [0.25, 0.3) is 0 Å². The molecular weight excluding hydrogens is 432 g/mol. The summed E-state index contributed by atoms with van der Waals surface area (Å²) in [7, 11) is 0. The Morgan fingerprint density at radius 1 is 1.06 bits per heavy atom. The number of halogens is 1. The number of carbonyl (C=O) groups excluding carboxylic acids is 1. The van der Waals surface area contributed by atoms with Gasteiger partial charge in [-0.1, -0.05) is 29.8 Å². The Bertz CT molecular complexity index is 977. The van der Waals surface area contributed by atoms with Crippen molar-refractivity contribution in [1.82, 2.24) is 24.6 Å². The largest absolute Gasteiger partial charge is 0.323 e. The average Bonchev–Trinajstić information content (AvgIpc) is 3.30. The number of amides is 1. The molecule has 2 aromatic carbocycles. The number of aromatic nitrogens is 3. The van der Waals surface area contributed by atoms with E-state index in [1.807, 2.05) is 23.9 Å². The highest BCUT2D eigenvalue weighted by Gasteiger charge is 2.19. The molecule has 0 aliphatic carbocycles. The summed E-state index contributed by atoms with van der Waals surface area (Å²) in [5.41, 5.74) is 1.36. The smallest absolute Gasteiger partial charge is 0.238 e. The van der Waals surface area contributed by atoms with Gasteiger partial charge < -0.3 is 5.32 Å². The summed E-state index contributed by atoms with van der Waals surface area (Å²) in [5.74, 6) is 1.02. The molecule has 2 heterocycles. The summed E-state index contributed by atoms with van der Waals surface area (Å²) in [6.07, 6.45) is 3.05. The Kier molecular flexibility index (Phi) is 7.58. The third-order valence-electron chi connectivity index (χ3n) is 5.15. The van der Waals surface area contributed by atoms with E-state index in [2.05, 4.69) is 49.5 Å². The molecule has 0 radical (unpaired) electrons. The predicted octanol–water partition coefficient (Wildman–Crippen LogP) is 3.27. The molecule has 3 aromatic rings. The van der Waals surface area contributed by atoms with E-state index in [1.54, 1.807) is 23.1 Å². The molecule has 1 fully saturated rings. The summed E-state index contributed by atoms with van der Waals surface area (Å²) in [4.78, 5) is 22.6. The zero-order valence-corrected chi connectivity index (χ0v) is 18.7. The quantitative estimate of drug-likeness (QED) is 0.525. The van der Waals surface area contributed by atoms with Gasteiger partial charge in [-0.3, -0.25) is 14.6 Å². The van der Waals surface area contributed by atoms with Gasteiger partial charge in [0.2, 0.25) is 5.91 Å². The van der Waals surface area contributed by atoms with Crippen LogP contribution in [0.5, 0.6) is 0 Å². The fourth-order valence-electron chi connectivity index (χ4n) is 3.51. The minimum Gasteiger partial charge on any atom is -0.323 e. The second kappa shape index (κ2) is 10.8. The van der Waals surface area contributed by atoms with E-state index in [1.165, 1.54) is 11.2 Å². The van der Waals surface area contributed by atoms with E-state index in [0.29, 0.717) is 17.3 Å². The van der Waals surface area contributed by atoms with Crippen molar-refractivity contribution in [3.05, 3.63) is 66.2 Å². The predicted molar refractivity (Wildman–Crippen MR) is 125 cm³/mol. The standard InChI is InChI=1S/C22H25ClN6OS/c23-18-6-7-21(29-17-24-16-25-29)20(14-18)26-22(30)15-28-10-8-27(9-11-28)12-13-31-19-4-2-1-3-5-19/h1-7,14,16-17H,8-13,15H2,(H,26,30). The highest BCUT2D eigenvalue weighted by atomic mass is 35.5. The van der Waals surface area contributed by atoms with Crippen molar-refractivity contribution < 1.29 is 4.79 Å². The molecule has 162 valence electrons. The molecule has 7 nitrogen and oxygen atoms in total. The first-order valence-corrected chi connectivity index (χ1v) is 11.6. The lowest BCUT2D eigenvalue weighted by molar-refractivity contribution is -0.117. The van der Waals surface area contributed by atoms with E-state index in [0.717, 1.165) is 44.2 Å². The lowest BCUT2D eigenvalue weighted by atomic mass is 10.2. The molecular formula is C22H25ClN6OS. The number of nitrogens with one attached hydrogen (secondary N) is 1. The number of carbonyl (C=O) groups is 1. The molecule has 1 saturated heterocycles. The molecule has 1 aliphatic heterocycles. The normalized spacial score (nSPS) is 15.1. The summed E-state index contributed by atoms with van der Waals surface area (Å²) >= 11 is 8.02. The third kappa shape index (κ3) is 6.30. The summed E-state index contributed by atoms with van der Waals surface area (Å²) in [6, 6.07) is 15.8. The molecule has 9 heteroatoms. The number of hydrogen-bond donors (Lipinski definition) is 1. The molecule has 1 amide bonds. The molecule has 4 rings (SSSR count). The third-order valence-corrected chi connectivity index (χ3v) is 6.38. The van der Waals surface area contributed by atoms with Crippen molar-refractivity contribution in [2.45, 2.75) is 4.90 Å². The molecule has 1 aliphatic rings. The minimum absolute atomic E-state index is 0.0586. The Labute approximate surface area is 191 Å². The zero-order valence-electron chi connectivity index (χ0n) is 17.2. The second-order valence-electron chi connectivity index (χ2n) is 7.33. The average molecular weight is 457 g/mol. The molecule has 0 atom stereocenters. The van der Waals surface area contributed by atoms with Gasteiger partial charge in [0.15, 0.2) is 0 Å². The number of nitrogens with zero attached hydrogens (tertiary/aromatic N) is 5. The van der Waals surface area contributed by atoms with Crippen molar-refractivity contribution >= 4 is 35.0 Å². The Balaban J connectivity index is 1.23. The molecule has 1 N–H and O–H groups in total. The van der Waals surface area contributed by atoms with Gasteiger partial charge in [-0.05, 0) is 30.3 Å². The van der Waals surface area contributed by atoms with Crippen LogP contribution >= 0.6 is 23.4 Å². The maximum absolute atomic E-state index is 12.7. The fraction of sp³-hybridized carbons (Fsp3) is 0.318. The van der Waals surface area contributed by atoms with E-state index < -0.39 is 0 Å². The Morgan fingerprint density at radius 2 is 1.84 bits per heavy atom. The molecule has 0 unspecified atom stereocenters. The number of piperazine rings is 1. The summed E-state index contributed by atoms with van der Waals surface area (Å²) < 4.78 is 1.61. The highest BCUT2D eigenvalue weighted by molar-refractivity contribution is 7.99. The van der Waals surface area contributed by atoms with E-state index in [-0.39, 0.29) is 5.91 Å². The van der Waals surface area contributed by atoms with Crippen molar-refractivity contribution in [3.8, 4) is 5.69 Å². The van der Waals surface area contributed by atoms with E-state index in [4.69, 9.17) is 11.6 Å². The van der Waals surface area contributed by atoms with Gasteiger partial charge in [-0.15, -0.1) is 11.8 Å². The van der Waals surface area contributed by atoms with E-state index >= 15 is 0 Å². The van der Waals surface area contributed by atoms with Gasteiger partial charge >= 0.3 is 0 Å². The van der Waals surface area contributed by atoms with Crippen molar-refractivity contribution in [1.29, 1.82) is 0 Å². The number of benzene rings is 2. The number of rotatable bonds is 8. The molecule has 31 heavy (non-hydrogen) atoms. The second-order valence-corrected chi connectivity index (χ2v) is 8.93. The molecule has 0 spiro atoms. The maximum atomic E-state index is 12.7. The van der Waals surface area contributed by atoms with Crippen molar-refractivity contribution in [2.24, 2.45) is 0 Å². The van der Waals surface area contributed by atoms with Crippen LogP contribution in [0.3, 0.4) is 0 Å². The minimum atomic E-state index is -0.0586. The van der Waals surface area contributed by atoms with Gasteiger partial charge in [0.1, 0.15) is 12.7 Å². The zero-order chi connectivity index (χ0) is 21.5. The van der Waals surface area contributed by atoms with Crippen LogP contribution in [0, 0.1) is 0 Å². The maximum Gasteiger partial charge on any atom is 0.238 e. The monoisotopic (exact) mass is 456 g/mol. The molecule has 0 saturated carbocycles. The molecule has 0 bridgehead atoms. The van der Waals surface area contributed by atoms with Crippen LogP contribution in [0.1, 0.15) is 0 Å². The van der Waals surface area contributed by atoms with Crippen molar-refractivity contribution in [3.63, 3.8) is 0 Å². The lowest BCUT2D eigenvalue weighted by Gasteiger charge is -2.34. The summed E-state index contributed by atoms with van der Waals surface area (Å²) in [6.45, 7) is 5.14. The Hall–Kier alpha value is -2.39. The SMILES string of the molecule is O=C(CN1CCN(CCSc2ccccc2)CC1)Nc1cc(Cl)ccc1-n1cncn1. The van der Waals surface area contributed by atoms with Crippen LogP contribution in [-0.4, -0.2) is 75.5 Å². The highest BCUT2D eigenvalue weighted by Crippen LogP contribution is 2.24. The van der Waals surface area contributed by atoms with Gasteiger partial charge in [-0.2, -0.15) is 5.10 Å². The molecule has 1 aromatic heterocycles. The topological polar surface area (TPSA) is 66.3 Å². The van der Waals surface area contributed by atoms with Gasteiger partial charge in [0.05, 0.1) is 17.9 Å². The van der Waals surface area contributed by atoms with Crippen LogP contribution in [-0.2, 0) is 4.79 Å². The first kappa shape index (κ1) is 21.8. The summed E-state index contributed by atoms with van der Waals surface area (Å²) in [5, 5.41) is 7.68. The first-order valence-electron chi connectivity index (χ1n) is 10.2. The van der Waals surface area contributed by atoms with Crippen molar-refractivity contribution in [2.75, 3.05) is 50.3 Å². The van der Waals surface area contributed by atoms with Gasteiger partial charge in [0, 0.05) is 48.4 Å². The van der Waals surface area contributed by atoms with Gasteiger partial charge in [-0.25, -0.2) is 9.67 Å². The number of anilines is 1. The number of thioether (sulfide) groups is 1. The van der Waals surface area contributed by atoms with Crippen LogP contribution in [0.15, 0.2) is 66.1 Å². The van der Waals surface area contributed by atoms with Crippen LogP contribution in [0.2, 0.25) is 5.02 Å². The Morgan fingerprint density at radius 3 is 2.58 bits per heavy atom.